The molecule has 0 atom stereocenters. The van der Waals surface area contributed by atoms with Crippen LogP contribution in [0.1, 0.15) is 19.3 Å². The van der Waals surface area contributed by atoms with Crippen LogP contribution in [0.5, 0.6) is 0 Å². The summed E-state index contributed by atoms with van der Waals surface area (Å²) in [6.07, 6.45) is 8.16. The highest BCUT2D eigenvalue weighted by Gasteiger charge is 2.36. The zero-order chi connectivity index (χ0) is 9.15. The average molecular weight is 179 g/mol. The summed E-state index contributed by atoms with van der Waals surface area (Å²) >= 11 is 0. The van der Waals surface area contributed by atoms with E-state index < -0.39 is 0 Å². The summed E-state index contributed by atoms with van der Waals surface area (Å²) in [6, 6.07) is 0. The Labute approximate surface area is 77.0 Å². The maximum absolute atomic E-state index is 9.19. The molecule has 0 spiro atoms. The highest BCUT2D eigenvalue weighted by molar-refractivity contribution is 5.35. The second kappa shape index (κ2) is 3.30. The van der Waals surface area contributed by atoms with Gasteiger partial charge < -0.3 is 10.4 Å². The molecule has 1 fully saturated rings. The maximum Gasteiger partial charge on any atom is 0.144 e. The van der Waals surface area contributed by atoms with E-state index in [1.54, 1.807) is 18.6 Å². The van der Waals surface area contributed by atoms with Crippen molar-refractivity contribution in [2.24, 2.45) is 0 Å². The number of hydrogen-bond acceptors (Lipinski definition) is 4. The molecule has 0 radical (unpaired) electrons. The topological polar surface area (TPSA) is 58.0 Å². The van der Waals surface area contributed by atoms with E-state index >= 15 is 0 Å². The fourth-order valence-corrected chi connectivity index (χ4v) is 1.56. The lowest BCUT2D eigenvalue weighted by Crippen LogP contribution is -2.48. The second-order valence-electron chi connectivity index (χ2n) is 3.51. The third-order valence-electron chi connectivity index (χ3n) is 2.57. The van der Waals surface area contributed by atoms with Crippen molar-refractivity contribution in [3.63, 3.8) is 0 Å². The van der Waals surface area contributed by atoms with Crippen molar-refractivity contribution in [1.82, 2.24) is 9.97 Å². The SMILES string of the molecule is OCC1(Nc2cnccn2)CCC1. The van der Waals surface area contributed by atoms with E-state index in [1.807, 2.05) is 0 Å². The minimum absolute atomic E-state index is 0.129. The fourth-order valence-electron chi connectivity index (χ4n) is 1.56. The van der Waals surface area contributed by atoms with Crippen molar-refractivity contribution < 1.29 is 5.11 Å². The summed E-state index contributed by atoms with van der Waals surface area (Å²) in [5.74, 6) is 0.747. The van der Waals surface area contributed by atoms with Gasteiger partial charge in [-0.3, -0.25) is 4.98 Å². The van der Waals surface area contributed by atoms with Crippen LogP contribution >= 0.6 is 0 Å². The summed E-state index contributed by atoms with van der Waals surface area (Å²) in [5.41, 5.74) is -0.129. The largest absolute Gasteiger partial charge is 0.394 e. The number of nitrogens with one attached hydrogen (secondary N) is 1. The van der Waals surface area contributed by atoms with Gasteiger partial charge in [-0.15, -0.1) is 0 Å². The van der Waals surface area contributed by atoms with E-state index in [2.05, 4.69) is 15.3 Å². The normalized spacial score (nSPS) is 19.2. The van der Waals surface area contributed by atoms with Gasteiger partial charge in [-0.2, -0.15) is 0 Å². The van der Waals surface area contributed by atoms with Crippen molar-refractivity contribution in [3.8, 4) is 0 Å². The quantitative estimate of drug-likeness (QED) is 0.720. The van der Waals surface area contributed by atoms with E-state index in [9.17, 15) is 5.11 Å². The first kappa shape index (κ1) is 8.44. The Morgan fingerprint density at radius 3 is 2.77 bits per heavy atom. The van der Waals surface area contributed by atoms with Crippen LogP contribution in [-0.4, -0.2) is 27.2 Å². The third-order valence-corrected chi connectivity index (χ3v) is 2.57. The van der Waals surface area contributed by atoms with Crippen LogP contribution in [-0.2, 0) is 0 Å². The standard InChI is InChI=1S/C9H13N3O/c13-7-9(2-1-3-9)12-8-6-10-4-5-11-8/h4-6,13H,1-3,7H2,(H,11,12). The molecule has 0 unspecified atom stereocenters. The predicted molar refractivity (Wildman–Crippen MR) is 49.3 cm³/mol. The van der Waals surface area contributed by atoms with E-state index in [4.69, 9.17) is 0 Å². The number of nitrogens with zero attached hydrogens (tertiary/aromatic N) is 2. The highest BCUT2D eigenvalue weighted by Crippen LogP contribution is 2.33. The lowest BCUT2D eigenvalue weighted by Gasteiger charge is -2.41. The number of hydrogen-bond donors (Lipinski definition) is 2. The van der Waals surface area contributed by atoms with Crippen LogP contribution in [0.15, 0.2) is 18.6 Å². The molecule has 1 aromatic heterocycles. The number of aliphatic hydroxyl groups is 1. The predicted octanol–water partition coefficient (Wildman–Crippen LogP) is 0.804. The van der Waals surface area contributed by atoms with Crippen molar-refractivity contribution in [2.45, 2.75) is 24.8 Å². The Morgan fingerprint density at radius 2 is 2.31 bits per heavy atom. The van der Waals surface area contributed by atoms with Gasteiger partial charge in [-0.25, -0.2) is 4.98 Å². The molecular formula is C9H13N3O. The molecule has 1 heterocycles. The zero-order valence-electron chi connectivity index (χ0n) is 7.40. The molecule has 1 saturated carbocycles. The van der Waals surface area contributed by atoms with E-state index in [1.165, 1.54) is 6.42 Å². The molecule has 13 heavy (non-hydrogen) atoms. The van der Waals surface area contributed by atoms with Gasteiger partial charge in [0.05, 0.1) is 18.3 Å². The molecule has 1 aliphatic rings. The van der Waals surface area contributed by atoms with Crippen LogP contribution in [0.4, 0.5) is 5.82 Å². The smallest absolute Gasteiger partial charge is 0.144 e. The van der Waals surface area contributed by atoms with E-state index in [0.29, 0.717) is 0 Å². The number of aliphatic hydroxyl groups excluding tert-OH is 1. The van der Waals surface area contributed by atoms with E-state index in [-0.39, 0.29) is 12.1 Å². The monoisotopic (exact) mass is 179 g/mol. The molecule has 1 aliphatic carbocycles. The van der Waals surface area contributed by atoms with Crippen molar-refractivity contribution >= 4 is 5.82 Å². The van der Waals surface area contributed by atoms with Crippen LogP contribution in [0.25, 0.3) is 0 Å². The lowest BCUT2D eigenvalue weighted by atomic mass is 9.77. The number of anilines is 1. The molecule has 0 aromatic carbocycles. The molecule has 0 amide bonds. The van der Waals surface area contributed by atoms with Crippen LogP contribution in [0.3, 0.4) is 0 Å². The van der Waals surface area contributed by atoms with Gasteiger partial charge in [-0.05, 0) is 19.3 Å². The summed E-state index contributed by atoms with van der Waals surface area (Å²) < 4.78 is 0. The molecule has 0 saturated heterocycles. The van der Waals surface area contributed by atoms with Crippen LogP contribution < -0.4 is 5.32 Å². The summed E-state index contributed by atoms with van der Waals surface area (Å²) in [5, 5.41) is 12.4. The van der Waals surface area contributed by atoms with Gasteiger partial charge in [0.2, 0.25) is 0 Å². The van der Waals surface area contributed by atoms with Crippen LogP contribution in [0.2, 0.25) is 0 Å². The molecule has 4 heteroatoms. The van der Waals surface area contributed by atoms with Crippen molar-refractivity contribution in [3.05, 3.63) is 18.6 Å². The zero-order valence-corrected chi connectivity index (χ0v) is 7.40. The van der Waals surface area contributed by atoms with Gasteiger partial charge in [0.1, 0.15) is 5.82 Å². The highest BCUT2D eigenvalue weighted by atomic mass is 16.3. The minimum atomic E-state index is -0.129. The fraction of sp³-hybridized carbons (Fsp3) is 0.556. The average Bonchev–Trinajstić information content (AvgIpc) is 2.13. The molecule has 1 aromatic rings. The lowest BCUT2D eigenvalue weighted by molar-refractivity contribution is 0.144. The number of aromatic nitrogens is 2. The molecule has 0 bridgehead atoms. The summed E-state index contributed by atoms with van der Waals surface area (Å²) in [4.78, 5) is 8.06. The molecule has 70 valence electrons. The minimum Gasteiger partial charge on any atom is -0.394 e. The Balaban J connectivity index is 2.05. The second-order valence-corrected chi connectivity index (χ2v) is 3.51. The molecule has 0 aliphatic heterocycles. The van der Waals surface area contributed by atoms with Gasteiger partial charge in [0, 0.05) is 12.4 Å². The van der Waals surface area contributed by atoms with Gasteiger partial charge >= 0.3 is 0 Å². The maximum atomic E-state index is 9.19. The van der Waals surface area contributed by atoms with Gasteiger partial charge in [0.25, 0.3) is 0 Å². The molecule has 2 rings (SSSR count). The van der Waals surface area contributed by atoms with Crippen LogP contribution in [0, 0.1) is 0 Å². The molecular weight excluding hydrogens is 166 g/mol. The molecule has 2 N–H and O–H groups in total. The van der Waals surface area contributed by atoms with Crippen molar-refractivity contribution in [2.75, 3.05) is 11.9 Å². The van der Waals surface area contributed by atoms with E-state index in [0.717, 1.165) is 18.7 Å². The third kappa shape index (κ3) is 1.62. The Bertz CT molecular complexity index is 266. The Hall–Kier alpha value is -1.16. The first-order valence-corrected chi connectivity index (χ1v) is 4.50. The first-order valence-electron chi connectivity index (χ1n) is 4.50. The number of rotatable bonds is 3. The summed E-state index contributed by atoms with van der Waals surface area (Å²) in [7, 11) is 0. The van der Waals surface area contributed by atoms with Gasteiger partial charge in [-0.1, -0.05) is 0 Å². The van der Waals surface area contributed by atoms with Crippen molar-refractivity contribution in [1.29, 1.82) is 0 Å². The Morgan fingerprint density at radius 1 is 1.46 bits per heavy atom. The molecule has 4 nitrogen and oxygen atoms in total. The first-order chi connectivity index (χ1) is 6.35. The van der Waals surface area contributed by atoms with Gasteiger partial charge in [0.15, 0.2) is 0 Å². The summed E-state index contributed by atoms with van der Waals surface area (Å²) in [6.45, 7) is 0.170. The Kier molecular flexibility index (Phi) is 2.14.